The molecule has 2 aliphatic rings. The van der Waals surface area contributed by atoms with Crippen molar-refractivity contribution in [2.24, 2.45) is 5.92 Å². The van der Waals surface area contributed by atoms with E-state index in [1.807, 2.05) is 17.0 Å². The lowest BCUT2D eigenvalue weighted by molar-refractivity contribution is -0.137. The van der Waals surface area contributed by atoms with Gasteiger partial charge in [0, 0.05) is 63.4 Å². The van der Waals surface area contributed by atoms with E-state index in [0.29, 0.717) is 19.8 Å². The topological polar surface area (TPSA) is 80.6 Å². The number of hydrogen-bond acceptors (Lipinski definition) is 6. The van der Waals surface area contributed by atoms with Crippen LogP contribution in [0.4, 0.5) is 0 Å². The van der Waals surface area contributed by atoms with Crippen LogP contribution in [-0.2, 0) is 16.1 Å². The molecule has 2 aromatic rings. The second kappa shape index (κ2) is 8.62. The summed E-state index contributed by atoms with van der Waals surface area (Å²) < 4.78 is 6.84. The maximum atomic E-state index is 12.5. The van der Waals surface area contributed by atoms with E-state index in [9.17, 15) is 9.59 Å². The molecule has 0 N–H and O–H groups in total. The molecule has 1 amide bonds. The van der Waals surface area contributed by atoms with Gasteiger partial charge in [0.2, 0.25) is 5.91 Å². The molecule has 8 nitrogen and oxygen atoms in total. The lowest BCUT2D eigenvalue weighted by atomic mass is 10.1. The summed E-state index contributed by atoms with van der Waals surface area (Å²) in [5.41, 5.74) is 1.52. The molecule has 2 saturated heterocycles. The van der Waals surface area contributed by atoms with Crippen molar-refractivity contribution in [3.8, 4) is 11.3 Å². The highest BCUT2D eigenvalue weighted by atomic mass is 16.5. The van der Waals surface area contributed by atoms with E-state index in [2.05, 4.69) is 15.0 Å². The normalized spacial score (nSPS) is 20.4. The van der Waals surface area contributed by atoms with Crippen LogP contribution in [0.5, 0.6) is 0 Å². The van der Waals surface area contributed by atoms with Gasteiger partial charge < -0.3 is 9.64 Å². The first-order valence-corrected chi connectivity index (χ1v) is 9.78. The number of ether oxygens (including phenoxy) is 1. The van der Waals surface area contributed by atoms with Crippen LogP contribution in [0.25, 0.3) is 11.3 Å². The quantitative estimate of drug-likeness (QED) is 0.747. The third-order valence-electron chi connectivity index (χ3n) is 5.41. The Morgan fingerprint density at radius 2 is 2.00 bits per heavy atom. The minimum absolute atomic E-state index is 0.0320. The van der Waals surface area contributed by atoms with E-state index in [4.69, 9.17) is 4.74 Å². The molecule has 0 aromatic carbocycles. The molecular weight excluding hydrogens is 358 g/mol. The number of aromatic nitrogens is 3. The third kappa shape index (κ3) is 4.28. The van der Waals surface area contributed by atoms with Crippen LogP contribution in [0.3, 0.4) is 0 Å². The Kier molecular flexibility index (Phi) is 5.78. The van der Waals surface area contributed by atoms with E-state index in [1.165, 1.54) is 4.68 Å². The molecule has 28 heavy (non-hydrogen) atoms. The molecule has 0 aliphatic carbocycles. The maximum absolute atomic E-state index is 12.5. The van der Waals surface area contributed by atoms with Gasteiger partial charge >= 0.3 is 0 Å². The first-order chi connectivity index (χ1) is 13.7. The second-order valence-electron chi connectivity index (χ2n) is 7.25. The predicted molar refractivity (Wildman–Crippen MR) is 104 cm³/mol. The monoisotopic (exact) mass is 383 g/mol. The van der Waals surface area contributed by atoms with Gasteiger partial charge in [-0.15, -0.1) is 0 Å². The van der Waals surface area contributed by atoms with Crippen LogP contribution in [0.2, 0.25) is 0 Å². The van der Waals surface area contributed by atoms with E-state index in [1.54, 1.807) is 24.5 Å². The summed E-state index contributed by atoms with van der Waals surface area (Å²) >= 11 is 0. The van der Waals surface area contributed by atoms with Crippen LogP contribution < -0.4 is 5.56 Å². The van der Waals surface area contributed by atoms with Gasteiger partial charge in [-0.2, -0.15) is 5.10 Å². The average Bonchev–Trinajstić information content (AvgIpc) is 3.29. The summed E-state index contributed by atoms with van der Waals surface area (Å²) in [5.74, 6) is 0.253. The molecule has 8 heteroatoms. The van der Waals surface area contributed by atoms with Crippen molar-refractivity contribution in [1.82, 2.24) is 24.6 Å². The van der Waals surface area contributed by atoms with Crippen molar-refractivity contribution < 1.29 is 9.53 Å². The first kappa shape index (κ1) is 18.8. The number of rotatable bonds is 5. The summed E-state index contributed by atoms with van der Waals surface area (Å²) in [6.07, 6.45) is 4.29. The highest BCUT2D eigenvalue weighted by Gasteiger charge is 2.29. The summed E-state index contributed by atoms with van der Waals surface area (Å²) in [6.45, 7) is 5.60. The number of carbonyl (C=O) groups excluding carboxylic acids is 1. The van der Waals surface area contributed by atoms with Crippen molar-refractivity contribution >= 4 is 5.91 Å². The fourth-order valence-corrected chi connectivity index (χ4v) is 3.69. The average molecular weight is 383 g/mol. The fourth-order valence-electron chi connectivity index (χ4n) is 3.69. The summed E-state index contributed by atoms with van der Waals surface area (Å²) in [4.78, 5) is 33.0. The summed E-state index contributed by atoms with van der Waals surface area (Å²) in [7, 11) is 0. The van der Waals surface area contributed by atoms with Gasteiger partial charge in [0.1, 0.15) is 0 Å². The van der Waals surface area contributed by atoms with Gasteiger partial charge in [0.15, 0.2) is 0 Å². The minimum atomic E-state index is -0.109. The van der Waals surface area contributed by atoms with Crippen molar-refractivity contribution in [2.45, 2.75) is 13.0 Å². The Morgan fingerprint density at radius 1 is 1.14 bits per heavy atom. The molecule has 148 valence electrons. The lowest BCUT2D eigenvalue weighted by Gasteiger charge is -2.35. The number of amides is 1. The smallest absolute Gasteiger partial charge is 0.266 e. The SMILES string of the molecule is O=C(C1CCOC1)N1CCN(CCn2nc(-c3cccnc3)ccc2=O)CC1. The number of piperazine rings is 1. The van der Waals surface area contributed by atoms with Crippen LogP contribution >= 0.6 is 0 Å². The summed E-state index contributed by atoms with van der Waals surface area (Å²) in [5, 5.41) is 4.48. The molecule has 4 rings (SSSR count). The molecule has 2 fully saturated rings. The number of carbonyl (C=O) groups is 1. The Bertz CT molecular complexity index is 856. The van der Waals surface area contributed by atoms with Crippen molar-refractivity contribution in [3.63, 3.8) is 0 Å². The zero-order valence-electron chi connectivity index (χ0n) is 15.9. The van der Waals surface area contributed by atoms with Gasteiger partial charge in [0.05, 0.1) is 24.8 Å². The molecule has 1 unspecified atom stereocenters. The summed E-state index contributed by atoms with van der Waals surface area (Å²) in [6, 6.07) is 7.06. The number of nitrogens with zero attached hydrogens (tertiary/aromatic N) is 5. The highest BCUT2D eigenvalue weighted by Crippen LogP contribution is 2.17. The molecule has 2 aromatic heterocycles. The Hall–Kier alpha value is -2.58. The molecule has 0 radical (unpaired) electrons. The molecular formula is C20H25N5O3. The van der Waals surface area contributed by atoms with Crippen molar-refractivity contribution in [3.05, 3.63) is 47.0 Å². The van der Waals surface area contributed by atoms with Gasteiger partial charge in [-0.05, 0) is 24.6 Å². The van der Waals surface area contributed by atoms with Crippen LogP contribution in [0, 0.1) is 5.92 Å². The van der Waals surface area contributed by atoms with E-state index < -0.39 is 0 Å². The Balaban J connectivity index is 1.32. The molecule has 0 bridgehead atoms. The Labute approximate surface area is 163 Å². The fraction of sp³-hybridized carbons (Fsp3) is 0.500. The second-order valence-corrected chi connectivity index (χ2v) is 7.25. The third-order valence-corrected chi connectivity index (χ3v) is 5.41. The molecule has 1 atom stereocenters. The number of pyridine rings is 1. The Morgan fingerprint density at radius 3 is 2.71 bits per heavy atom. The molecule has 0 saturated carbocycles. The van der Waals surface area contributed by atoms with Gasteiger partial charge in [-0.1, -0.05) is 0 Å². The molecule has 2 aliphatic heterocycles. The van der Waals surface area contributed by atoms with Crippen LogP contribution in [-0.4, -0.2) is 76.4 Å². The van der Waals surface area contributed by atoms with Crippen molar-refractivity contribution in [2.75, 3.05) is 45.9 Å². The zero-order chi connectivity index (χ0) is 19.3. The first-order valence-electron chi connectivity index (χ1n) is 9.78. The molecule has 0 spiro atoms. The van der Waals surface area contributed by atoms with Gasteiger partial charge in [-0.25, -0.2) is 4.68 Å². The van der Waals surface area contributed by atoms with Gasteiger partial charge in [-0.3, -0.25) is 19.5 Å². The van der Waals surface area contributed by atoms with Crippen LogP contribution in [0.15, 0.2) is 41.5 Å². The van der Waals surface area contributed by atoms with Gasteiger partial charge in [0.25, 0.3) is 5.56 Å². The predicted octanol–water partition coefficient (Wildman–Crippen LogP) is 0.486. The van der Waals surface area contributed by atoms with Crippen LogP contribution in [0.1, 0.15) is 6.42 Å². The van der Waals surface area contributed by atoms with E-state index in [-0.39, 0.29) is 17.4 Å². The van der Waals surface area contributed by atoms with E-state index >= 15 is 0 Å². The van der Waals surface area contributed by atoms with E-state index in [0.717, 1.165) is 50.4 Å². The van der Waals surface area contributed by atoms with Crippen molar-refractivity contribution in [1.29, 1.82) is 0 Å². The minimum Gasteiger partial charge on any atom is -0.381 e. The highest BCUT2D eigenvalue weighted by molar-refractivity contribution is 5.79. The molecule has 4 heterocycles. The maximum Gasteiger partial charge on any atom is 0.266 e. The zero-order valence-corrected chi connectivity index (χ0v) is 15.9. The largest absolute Gasteiger partial charge is 0.381 e. The standard InChI is InChI=1S/C20H25N5O3/c26-19-4-3-18(16-2-1-6-21-14-16)22-25(19)12-9-23-7-10-24(11-8-23)20(27)17-5-13-28-15-17/h1-4,6,14,17H,5,7-13,15H2. The number of hydrogen-bond donors (Lipinski definition) is 0. The lowest BCUT2D eigenvalue weighted by Crippen LogP contribution is -2.51.